The molecule has 1 atom stereocenters. The van der Waals surface area contributed by atoms with Crippen molar-refractivity contribution in [2.24, 2.45) is 0 Å². The molecule has 21 heavy (non-hydrogen) atoms. The Kier molecular flexibility index (Phi) is 7.39. The van der Waals surface area contributed by atoms with Crippen molar-refractivity contribution < 1.29 is 9.72 Å². The van der Waals surface area contributed by atoms with Crippen LogP contribution in [-0.2, 0) is 11.2 Å². The van der Waals surface area contributed by atoms with Gasteiger partial charge in [-0.25, -0.2) is 0 Å². The molecule has 0 aliphatic carbocycles. The Bertz CT molecular complexity index is 460. The SMILES string of the molecule is CCCCNC(=O)C(C)NCCc1ccc([N+](=O)[O-])cc1. The van der Waals surface area contributed by atoms with Crippen molar-refractivity contribution >= 4 is 11.6 Å². The molecular weight excluding hydrogens is 270 g/mol. The molecule has 6 heteroatoms. The molecule has 1 aromatic rings. The van der Waals surface area contributed by atoms with Crippen LogP contribution in [0.3, 0.4) is 0 Å². The van der Waals surface area contributed by atoms with Crippen LogP contribution >= 0.6 is 0 Å². The number of nitro benzene ring substituents is 1. The third-order valence-electron chi connectivity index (χ3n) is 3.23. The number of hydrogen-bond donors (Lipinski definition) is 2. The maximum absolute atomic E-state index is 11.7. The Morgan fingerprint density at radius 1 is 1.29 bits per heavy atom. The van der Waals surface area contributed by atoms with Crippen molar-refractivity contribution in [3.05, 3.63) is 39.9 Å². The number of carbonyl (C=O) groups is 1. The molecule has 6 nitrogen and oxygen atoms in total. The maximum Gasteiger partial charge on any atom is 0.269 e. The Labute approximate surface area is 125 Å². The van der Waals surface area contributed by atoms with Gasteiger partial charge < -0.3 is 10.6 Å². The standard InChI is InChI=1S/C15H23N3O3/c1-3-4-10-17-15(19)12(2)16-11-9-13-5-7-14(8-6-13)18(20)21/h5-8,12,16H,3-4,9-11H2,1-2H3,(H,17,19). The molecule has 1 rings (SSSR count). The van der Waals surface area contributed by atoms with Gasteiger partial charge in [-0.3, -0.25) is 14.9 Å². The number of amides is 1. The first-order chi connectivity index (χ1) is 10.0. The number of unbranched alkanes of at least 4 members (excludes halogenated alkanes) is 1. The second kappa shape index (κ2) is 9.07. The molecule has 1 unspecified atom stereocenters. The summed E-state index contributed by atoms with van der Waals surface area (Å²) in [5, 5.41) is 16.6. The second-order valence-corrected chi connectivity index (χ2v) is 4.99. The van der Waals surface area contributed by atoms with Gasteiger partial charge in [0.15, 0.2) is 0 Å². The fourth-order valence-corrected chi connectivity index (χ4v) is 1.85. The highest BCUT2D eigenvalue weighted by molar-refractivity contribution is 5.81. The first-order valence-electron chi connectivity index (χ1n) is 7.29. The van der Waals surface area contributed by atoms with Crippen LogP contribution in [-0.4, -0.2) is 30.0 Å². The Morgan fingerprint density at radius 3 is 2.52 bits per heavy atom. The number of rotatable bonds is 9. The number of carbonyl (C=O) groups excluding carboxylic acids is 1. The minimum absolute atomic E-state index is 0.00662. The number of benzene rings is 1. The third kappa shape index (κ3) is 6.35. The van der Waals surface area contributed by atoms with Gasteiger partial charge in [-0.15, -0.1) is 0 Å². The minimum atomic E-state index is -0.412. The van der Waals surface area contributed by atoms with Crippen molar-refractivity contribution in [2.45, 2.75) is 39.2 Å². The van der Waals surface area contributed by atoms with Crippen molar-refractivity contribution in [1.29, 1.82) is 0 Å². The summed E-state index contributed by atoms with van der Waals surface area (Å²) in [5.41, 5.74) is 1.10. The van der Waals surface area contributed by atoms with Gasteiger partial charge in [0.05, 0.1) is 11.0 Å². The highest BCUT2D eigenvalue weighted by Crippen LogP contribution is 2.11. The fourth-order valence-electron chi connectivity index (χ4n) is 1.85. The highest BCUT2D eigenvalue weighted by atomic mass is 16.6. The van der Waals surface area contributed by atoms with E-state index in [0.717, 1.165) is 24.8 Å². The van der Waals surface area contributed by atoms with Crippen molar-refractivity contribution in [2.75, 3.05) is 13.1 Å². The lowest BCUT2D eigenvalue weighted by molar-refractivity contribution is -0.384. The molecule has 0 saturated carbocycles. The van der Waals surface area contributed by atoms with Crippen LogP contribution in [0, 0.1) is 10.1 Å². The summed E-state index contributed by atoms with van der Waals surface area (Å²) >= 11 is 0. The normalized spacial score (nSPS) is 11.9. The first-order valence-corrected chi connectivity index (χ1v) is 7.29. The number of nitrogens with one attached hydrogen (secondary N) is 2. The van der Waals surface area contributed by atoms with Crippen LogP contribution in [0.1, 0.15) is 32.3 Å². The summed E-state index contributed by atoms with van der Waals surface area (Å²) in [6.07, 6.45) is 2.77. The third-order valence-corrected chi connectivity index (χ3v) is 3.23. The zero-order valence-corrected chi connectivity index (χ0v) is 12.6. The summed E-state index contributed by atoms with van der Waals surface area (Å²) < 4.78 is 0. The van der Waals surface area contributed by atoms with E-state index in [2.05, 4.69) is 17.6 Å². The lowest BCUT2D eigenvalue weighted by Crippen LogP contribution is -2.43. The maximum atomic E-state index is 11.7. The fraction of sp³-hybridized carbons (Fsp3) is 0.533. The van der Waals surface area contributed by atoms with Gasteiger partial charge in [0.25, 0.3) is 5.69 Å². The second-order valence-electron chi connectivity index (χ2n) is 4.99. The van der Waals surface area contributed by atoms with Crippen LogP contribution in [0.25, 0.3) is 0 Å². The lowest BCUT2D eigenvalue weighted by atomic mass is 10.1. The molecular formula is C15H23N3O3. The van der Waals surface area contributed by atoms with E-state index in [1.165, 1.54) is 12.1 Å². The van der Waals surface area contributed by atoms with Gasteiger partial charge in [0, 0.05) is 18.7 Å². The van der Waals surface area contributed by atoms with E-state index in [9.17, 15) is 14.9 Å². The van der Waals surface area contributed by atoms with Gasteiger partial charge >= 0.3 is 0 Å². The molecule has 0 fully saturated rings. The Morgan fingerprint density at radius 2 is 1.95 bits per heavy atom. The molecule has 116 valence electrons. The Balaban J connectivity index is 2.29. The zero-order valence-electron chi connectivity index (χ0n) is 12.6. The molecule has 1 amide bonds. The monoisotopic (exact) mass is 293 g/mol. The van der Waals surface area contributed by atoms with Crippen LogP contribution < -0.4 is 10.6 Å². The topological polar surface area (TPSA) is 84.3 Å². The molecule has 0 spiro atoms. The van der Waals surface area contributed by atoms with E-state index in [-0.39, 0.29) is 17.6 Å². The lowest BCUT2D eigenvalue weighted by Gasteiger charge is -2.13. The van der Waals surface area contributed by atoms with Crippen molar-refractivity contribution in [3.8, 4) is 0 Å². The van der Waals surface area contributed by atoms with E-state index in [0.29, 0.717) is 13.1 Å². The molecule has 2 N–H and O–H groups in total. The molecule has 0 aromatic heterocycles. The van der Waals surface area contributed by atoms with Crippen molar-refractivity contribution in [3.63, 3.8) is 0 Å². The van der Waals surface area contributed by atoms with E-state index in [1.54, 1.807) is 12.1 Å². The average molecular weight is 293 g/mol. The molecule has 0 aliphatic heterocycles. The summed E-state index contributed by atoms with van der Waals surface area (Å²) in [7, 11) is 0. The minimum Gasteiger partial charge on any atom is -0.355 e. The number of nitrogens with zero attached hydrogens (tertiary/aromatic N) is 1. The molecule has 0 bridgehead atoms. The molecule has 0 radical (unpaired) electrons. The van der Waals surface area contributed by atoms with Gasteiger partial charge in [0.1, 0.15) is 0 Å². The number of non-ortho nitro benzene ring substituents is 1. The molecule has 0 heterocycles. The largest absolute Gasteiger partial charge is 0.355 e. The first kappa shape index (κ1) is 17.1. The van der Waals surface area contributed by atoms with E-state index < -0.39 is 4.92 Å². The summed E-state index contributed by atoms with van der Waals surface area (Å²) in [6, 6.07) is 6.24. The van der Waals surface area contributed by atoms with Crippen LogP contribution in [0.4, 0.5) is 5.69 Å². The summed E-state index contributed by atoms with van der Waals surface area (Å²) in [6.45, 7) is 5.28. The zero-order chi connectivity index (χ0) is 15.7. The van der Waals surface area contributed by atoms with Crippen LogP contribution in [0.2, 0.25) is 0 Å². The van der Waals surface area contributed by atoms with Gasteiger partial charge in [-0.1, -0.05) is 25.5 Å². The van der Waals surface area contributed by atoms with Crippen LogP contribution in [0.15, 0.2) is 24.3 Å². The predicted octanol–water partition coefficient (Wildman–Crippen LogP) is 2.03. The Hall–Kier alpha value is -1.95. The van der Waals surface area contributed by atoms with Gasteiger partial charge in [0.2, 0.25) is 5.91 Å². The molecule has 1 aromatic carbocycles. The predicted molar refractivity (Wildman–Crippen MR) is 82.2 cm³/mol. The molecule has 0 saturated heterocycles. The highest BCUT2D eigenvalue weighted by Gasteiger charge is 2.11. The summed E-state index contributed by atoms with van der Waals surface area (Å²) in [4.78, 5) is 21.9. The summed E-state index contributed by atoms with van der Waals surface area (Å²) in [5.74, 6) is 0.00662. The van der Waals surface area contributed by atoms with Crippen LogP contribution in [0.5, 0.6) is 0 Å². The van der Waals surface area contributed by atoms with E-state index >= 15 is 0 Å². The van der Waals surface area contributed by atoms with Gasteiger partial charge in [-0.05, 0) is 31.9 Å². The van der Waals surface area contributed by atoms with E-state index in [4.69, 9.17) is 0 Å². The number of hydrogen-bond acceptors (Lipinski definition) is 4. The smallest absolute Gasteiger partial charge is 0.269 e. The number of nitro groups is 1. The van der Waals surface area contributed by atoms with Crippen molar-refractivity contribution in [1.82, 2.24) is 10.6 Å². The average Bonchev–Trinajstić information content (AvgIpc) is 2.47. The molecule has 0 aliphatic rings. The van der Waals surface area contributed by atoms with Gasteiger partial charge in [-0.2, -0.15) is 0 Å². The van der Waals surface area contributed by atoms with E-state index in [1.807, 2.05) is 6.92 Å². The quantitative estimate of drug-likeness (QED) is 0.414.